The molecule has 15 heavy (non-hydrogen) atoms. The summed E-state index contributed by atoms with van der Waals surface area (Å²) >= 11 is 0. The molecular weight excluding hydrogens is 195 g/mol. The van der Waals surface area contributed by atoms with Crippen LogP contribution in [0.3, 0.4) is 0 Å². The number of benzene rings is 1. The fraction of sp³-hybridized carbons (Fsp3) is 0.455. The van der Waals surface area contributed by atoms with E-state index in [0.29, 0.717) is 11.4 Å². The Labute approximate surface area is 89.4 Å². The van der Waals surface area contributed by atoms with E-state index in [-0.39, 0.29) is 5.82 Å². The molecule has 0 aliphatic rings. The first-order valence-electron chi connectivity index (χ1n) is 5.02. The zero-order valence-corrected chi connectivity index (χ0v) is 8.92. The highest BCUT2D eigenvalue weighted by Crippen LogP contribution is 2.16. The van der Waals surface area contributed by atoms with Crippen molar-refractivity contribution in [3.05, 3.63) is 24.0 Å². The molecule has 0 spiro atoms. The fourth-order valence-electron chi connectivity index (χ4n) is 1.27. The number of nitrogen functional groups attached to an aromatic ring is 1. The predicted octanol–water partition coefficient (Wildman–Crippen LogP) is 2.25. The average molecular weight is 212 g/mol. The molecule has 3 nitrogen and oxygen atoms in total. The Balaban J connectivity index is 2.31. The molecule has 0 saturated heterocycles. The first-order chi connectivity index (χ1) is 7.24. The van der Waals surface area contributed by atoms with Crippen molar-refractivity contribution >= 4 is 11.4 Å². The molecule has 1 rings (SSSR count). The number of methoxy groups -OCH3 is 1. The van der Waals surface area contributed by atoms with Gasteiger partial charge in [-0.25, -0.2) is 4.39 Å². The first kappa shape index (κ1) is 11.8. The SMILES string of the molecule is COCCCCNc1ccc(N)cc1F. The maximum Gasteiger partial charge on any atom is 0.148 e. The minimum absolute atomic E-state index is 0.304. The van der Waals surface area contributed by atoms with E-state index < -0.39 is 0 Å². The Morgan fingerprint density at radius 2 is 2.20 bits per heavy atom. The Morgan fingerprint density at radius 3 is 2.87 bits per heavy atom. The molecule has 0 heterocycles. The van der Waals surface area contributed by atoms with Gasteiger partial charge in [0.2, 0.25) is 0 Å². The van der Waals surface area contributed by atoms with E-state index in [0.717, 1.165) is 26.0 Å². The monoisotopic (exact) mass is 212 g/mol. The number of hydrogen-bond donors (Lipinski definition) is 2. The molecule has 0 radical (unpaired) electrons. The second-order valence-electron chi connectivity index (χ2n) is 3.37. The van der Waals surface area contributed by atoms with Crippen LogP contribution in [0.5, 0.6) is 0 Å². The van der Waals surface area contributed by atoms with Crippen molar-refractivity contribution in [3.63, 3.8) is 0 Å². The Hall–Kier alpha value is -1.29. The number of nitrogens with two attached hydrogens (primary N) is 1. The van der Waals surface area contributed by atoms with E-state index in [4.69, 9.17) is 10.5 Å². The minimum Gasteiger partial charge on any atom is -0.399 e. The molecule has 4 heteroatoms. The number of anilines is 2. The molecule has 0 fully saturated rings. The molecule has 0 saturated carbocycles. The molecule has 1 aromatic rings. The van der Waals surface area contributed by atoms with Crippen LogP contribution in [0, 0.1) is 5.82 Å². The van der Waals surface area contributed by atoms with Crippen LogP contribution in [0.2, 0.25) is 0 Å². The fourth-order valence-corrected chi connectivity index (χ4v) is 1.27. The van der Waals surface area contributed by atoms with Crippen molar-refractivity contribution in [2.75, 3.05) is 31.3 Å². The summed E-state index contributed by atoms with van der Waals surface area (Å²) in [5.41, 5.74) is 6.38. The van der Waals surface area contributed by atoms with Gasteiger partial charge >= 0.3 is 0 Å². The summed E-state index contributed by atoms with van der Waals surface area (Å²) in [6.45, 7) is 1.48. The summed E-state index contributed by atoms with van der Waals surface area (Å²) in [4.78, 5) is 0. The number of halogens is 1. The molecule has 0 aromatic heterocycles. The van der Waals surface area contributed by atoms with Crippen molar-refractivity contribution in [1.82, 2.24) is 0 Å². The van der Waals surface area contributed by atoms with Crippen LogP contribution < -0.4 is 11.1 Å². The number of nitrogens with one attached hydrogen (secondary N) is 1. The van der Waals surface area contributed by atoms with Crippen LogP contribution in [0.1, 0.15) is 12.8 Å². The van der Waals surface area contributed by atoms with E-state index >= 15 is 0 Å². The molecule has 0 aliphatic heterocycles. The maximum absolute atomic E-state index is 13.3. The van der Waals surface area contributed by atoms with Gasteiger partial charge < -0.3 is 15.8 Å². The van der Waals surface area contributed by atoms with Crippen molar-refractivity contribution in [3.8, 4) is 0 Å². The van der Waals surface area contributed by atoms with Crippen LogP contribution in [0.4, 0.5) is 15.8 Å². The largest absolute Gasteiger partial charge is 0.399 e. The third-order valence-electron chi connectivity index (χ3n) is 2.08. The molecule has 0 atom stereocenters. The van der Waals surface area contributed by atoms with Gasteiger partial charge in [0.25, 0.3) is 0 Å². The van der Waals surface area contributed by atoms with Crippen LogP contribution in [0.15, 0.2) is 18.2 Å². The van der Waals surface area contributed by atoms with Gasteiger partial charge in [0, 0.05) is 25.9 Å². The van der Waals surface area contributed by atoms with Crippen molar-refractivity contribution in [2.45, 2.75) is 12.8 Å². The summed E-state index contributed by atoms with van der Waals surface area (Å²) in [5, 5.41) is 3.01. The molecule has 84 valence electrons. The van der Waals surface area contributed by atoms with E-state index in [1.54, 1.807) is 19.2 Å². The van der Waals surface area contributed by atoms with Gasteiger partial charge in [0.05, 0.1) is 5.69 Å². The van der Waals surface area contributed by atoms with E-state index in [1.165, 1.54) is 6.07 Å². The molecule has 0 unspecified atom stereocenters. The van der Waals surface area contributed by atoms with Gasteiger partial charge in [0.1, 0.15) is 5.82 Å². The van der Waals surface area contributed by atoms with Gasteiger partial charge in [-0.3, -0.25) is 0 Å². The highest BCUT2D eigenvalue weighted by atomic mass is 19.1. The number of hydrogen-bond acceptors (Lipinski definition) is 3. The van der Waals surface area contributed by atoms with Gasteiger partial charge in [-0.05, 0) is 31.0 Å². The molecule has 0 bridgehead atoms. The summed E-state index contributed by atoms with van der Waals surface area (Å²) in [6.07, 6.45) is 1.93. The molecule has 3 N–H and O–H groups in total. The van der Waals surface area contributed by atoms with Gasteiger partial charge in [-0.2, -0.15) is 0 Å². The summed E-state index contributed by atoms with van der Waals surface area (Å²) in [6, 6.07) is 4.65. The zero-order valence-electron chi connectivity index (χ0n) is 8.92. The smallest absolute Gasteiger partial charge is 0.148 e. The zero-order chi connectivity index (χ0) is 11.1. The van der Waals surface area contributed by atoms with Crippen molar-refractivity contribution in [2.24, 2.45) is 0 Å². The normalized spacial score (nSPS) is 10.3. The summed E-state index contributed by atoms with van der Waals surface area (Å²) < 4.78 is 18.2. The molecule has 0 amide bonds. The van der Waals surface area contributed by atoms with Gasteiger partial charge in [0.15, 0.2) is 0 Å². The minimum atomic E-state index is -0.304. The standard InChI is InChI=1S/C11H17FN2O/c1-15-7-3-2-6-14-11-5-4-9(13)8-10(11)12/h4-5,8,14H,2-3,6-7,13H2,1H3. The van der Waals surface area contributed by atoms with Gasteiger partial charge in [-0.1, -0.05) is 0 Å². The predicted molar refractivity (Wildman–Crippen MR) is 60.4 cm³/mol. The second kappa shape index (κ2) is 6.24. The molecule has 0 aliphatic carbocycles. The van der Waals surface area contributed by atoms with Gasteiger partial charge in [-0.15, -0.1) is 0 Å². The summed E-state index contributed by atoms with van der Waals surface area (Å²) in [7, 11) is 1.67. The summed E-state index contributed by atoms with van der Waals surface area (Å²) in [5.74, 6) is -0.304. The second-order valence-corrected chi connectivity index (χ2v) is 3.37. The maximum atomic E-state index is 13.3. The third-order valence-corrected chi connectivity index (χ3v) is 2.08. The van der Waals surface area contributed by atoms with E-state index in [9.17, 15) is 4.39 Å². The van der Waals surface area contributed by atoms with Crippen LogP contribution in [-0.2, 0) is 4.74 Å². The molecule has 1 aromatic carbocycles. The lowest BCUT2D eigenvalue weighted by atomic mass is 10.2. The molecular formula is C11H17FN2O. The van der Waals surface area contributed by atoms with Crippen molar-refractivity contribution in [1.29, 1.82) is 0 Å². The average Bonchev–Trinajstić information content (AvgIpc) is 2.20. The Morgan fingerprint density at radius 1 is 1.40 bits per heavy atom. The topological polar surface area (TPSA) is 47.3 Å². The number of ether oxygens (including phenoxy) is 1. The van der Waals surface area contributed by atoms with Crippen LogP contribution >= 0.6 is 0 Å². The van der Waals surface area contributed by atoms with Crippen LogP contribution in [0.25, 0.3) is 0 Å². The quantitative estimate of drug-likeness (QED) is 0.561. The van der Waals surface area contributed by atoms with E-state index in [2.05, 4.69) is 5.32 Å². The Kier molecular flexibility index (Phi) is 4.90. The number of rotatable bonds is 6. The highest BCUT2D eigenvalue weighted by molar-refractivity contribution is 5.52. The lowest BCUT2D eigenvalue weighted by Crippen LogP contribution is -2.04. The first-order valence-corrected chi connectivity index (χ1v) is 5.02. The number of unbranched alkanes of at least 4 members (excludes halogenated alkanes) is 1. The lowest BCUT2D eigenvalue weighted by molar-refractivity contribution is 0.194. The lowest BCUT2D eigenvalue weighted by Gasteiger charge is -2.07. The van der Waals surface area contributed by atoms with Crippen LogP contribution in [-0.4, -0.2) is 20.3 Å². The van der Waals surface area contributed by atoms with E-state index in [1.807, 2.05) is 0 Å². The Bertz CT molecular complexity index is 305. The third kappa shape index (κ3) is 4.16. The van der Waals surface area contributed by atoms with Crippen molar-refractivity contribution < 1.29 is 9.13 Å². The highest BCUT2D eigenvalue weighted by Gasteiger charge is 2.00.